The van der Waals surface area contributed by atoms with E-state index < -0.39 is 24.0 Å². The molecule has 7 nitrogen and oxygen atoms in total. The molecule has 0 fully saturated rings. The van der Waals surface area contributed by atoms with Crippen LogP contribution in [0.4, 0.5) is 37.8 Å². The van der Waals surface area contributed by atoms with Crippen LogP contribution in [-0.4, -0.2) is 32.2 Å². The van der Waals surface area contributed by atoms with Gasteiger partial charge in [0, 0.05) is 23.3 Å². The Morgan fingerprint density at radius 3 is 2.30 bits per heavy atom. The predicted molar refractivity (Wildman–Crippen MR) is 94.2 cm³/mol. The van der Waals surface area contributed by atoms with Gasteiger partial charge in [0.05, 0.1) is 12.1 Å². The van der Waals surface area contributed by atoms with Crippen molar-refractivity contribution in [3.63, 3.8) is 0 Å². The van der Waals surface area contributed by atoms with E-state index in [1.54, 1.807) is 12.1 Å². The van der Waals surface area contributed by atoms with E-state index >= 15 is 0 Å². The number of benzene rings is 1. The van der Waals surface area contributed by atoms with Gasteiger partial charge >= 0.3 is 18.3 Å². The molecule has 0 unspecified atom stereocenters. The minimum Gasteiger partial charge on any atom is -0.475 e. The van der Waals surface area contributed by atoms with Crippen LogP contribution in [0.5, 0.6) is 0 Å². The molecule has 4 N–H and O–H groups in total. The number of aliphatic carboxylic acids is 1. The van der Waals surface area contributed by atoms with Gasteiger partial charge in [-0.1, -0.05) is 18.2 Å². The summed E-state index contributed by atoms with van der Waals surface area (Å²) in [4.78, 5) is 20.5. The molecule has 0 radical (unpaired) electrons. The summed E-state index contributed by atoms with van der Waals surface area (Å²) in [6.45, 7) is 0.0391. The van der Waals surface area contributed by atoms with Crippen molar-refractivity contribution in [3.05, 3.63) is 54.1 Å². The Balaban J connectivity index is 0.000000396. The van der Waals surface area contributed by atoms with Crippen molar-refractivity contribution in [2.24, 2.45) is 0 Å². The fourth-order valence-corrected chi connectivity index (χ4v) is 2.16. The first-order chi connectivity index (χ1) is 13.9. The van der Waals surface area contributed by atoms with Crippen LogP contribution in [0, 0.1) is 0 Å². The molecule has 0 aliphatic heterocycles. The van der Waals surface area contributed by atoms with E-state index in [-0.39, 0.29) is 12.4 Å². The van der Waals surface area contributed by atoms with E-state index in [1.165, 1.54) is 0 Å². The second-order valence-corrected chi connectivity index (χ2v) is 5.62. The largest absolute Gasteiger partial charge is 0.490 e. The molecule has 1 aromatic carbocycles. The summed E-state index contributed by atoms with van der Waals surface area (Å²) in [6.07, 6.45) is -8.49. The molecular weight excluding hydrogens is 420 g/mol. The van der Waals surface area contributed by atoms with E-state index in [2.05, 4.69) is 20.3 Å². The maximum atomic E-state index is 12.7. The fourth-order valence-electron chi connectivity index (χ4n) is 2.16. The van der Waals surface area contributed by atoms with Gasteiger partial charge in [-0.05, 0) is 12.1 Å². The van der Waals surface area contributed by atoms with Crippen molar-refractivity contribution in [3.8, 4) is 0 Å². The SMILES string of the molecule is Nc1cc(NCc2nccc(C(F)(F)F)n2)c2ccccc2n1.O=C(O)C(F)(F)F. The third-order valence-corrected chi connectivity index (χ3v) is 3.41. The molecule has 0 saturated carbocycles. The third-order valence-electron chi connectivity index (χ3n) is 3.41. The van der Waals surface area contributed by atoms with Gasteiger partial charge in [-0.25, -0.2) is 19.7 Å². The Labute approximate surface area is 164 Å². The zero-order valence-corrected chi connectivity index (χ0v) is 14.8. The molecule has 0 amide bonds. The topological polar surface area (TPSA) is 114 Å². The quantitative estimate of drug-likeness (QED) is 0.538. The Kier molecular flexibility index (Phi) is 6.64. The van der Waals surface area contributed by atoms with Gasteiger partial charge in [0.25, 0.3) is 0 Å². The van der Waals surface area contributed by atoms with Crippen molar-refractivity contribution >= 4 is 28.4 Å². The van der Waals surface area contributed by atoms with Gasteiger partial charge in [-0.3, -0.25) is 0 Å². The van der Waals surface area contributed by atoms with Crippen LogP contribution in [0.15, 0.2) is 42.6 Å². The first-order valence-electron chi connectivity index (χ1n) is 7.96. The molecule has 0 saturated heterocycles. The number of para-hydroxylation sites is 1. The van der Waals surface area contributed by atoms with Crippen LogP contribution in [0.2, 0.25) is 0 Å². The molecule has 0 atom stereocenters. The molecule has 0 aliphatic rings. The lowest BCUT2D eigenvalue weighted by Crippen LogP contribution is -2.21. The van der Waals surface area contributed by atoms with Crippen molar-refractivity contribution in [1.82, 2.24) is 15.0 Å². The normalized spacial score (nSPS) is 11.5. The first-order valence-corrected chi connectivity index (χ1v) is 7.96. The highest BCUT2D eigenvalue weighted by Crippen LogP contribution is 2.27. The highest BCUT2D eigenvalue weighted by Gasteiger charge is 2.38. The van der Waals surface area contributed by atoms with E-state index in [9.17, 15) is 26.3 Å². The molecule has 30 heavy (non-hydrogen) atoms. The number of nitrogens with zero attached hydrogens (tertiary/aromatic N) is 3. The van der Waals surface area contributed by atoms with Crippen molar-refractivity contribution in [1.29, 1.82) is 0 Å². The number of anilines is 2. The standard InChI is InChI=1S/C15H12F3N5.C2HF3O2/c16-15(17,18)12-5-6-20-14(23-12)8-21-11-7-13(19)22-10-4-2-1-3-9(10)11;3-2(4,5)1(6)7/h1-7H,8H2,(H3,19,21,22);(H,6,7). The second-order valence-electron chi connectivity index (χ2n) is 5.62. The molecular formula is C17H13F6N5O2. The Morgan fingerprint density at radius 1 is 1.07 bits per heavy atom. The van der Waals surface area contributed by atoms with Crippen molar-refractivity contribution < 1.29 is 36.2 Å². The lowest BCUT2D eigenvalue weighted by atomic mass is 10.2. The minimum atomic E-state index is -5.08. The van der Waals surface area contributed by atoms with Crippen molar-refractivity contribution in [2.75, 3.05) is 11.1 Å². The molecule has 0 aliphatic carbocycles. The number of nitrogens with one attached hydrogen (secondary N) is 1. The van der Waals surface area contributed by atoms with Gasteiger partial charge in [-0.2, -0.15) is 26.3 Å². The number of carboxylic acids is 1. The predicted octanol–water partition coefficient (Wildman–Crippen LogP) is 3.87. The number of hydrogen-bond donors (Lipinski definition) is 3. The van der Waals surface area contributed by atoms with Crippen LogP contribution in [0.1, 0.15) is 11.5 Å². The lowest BCUT2D eigenvalue weighted by Gasteiger charge is -2.11. The third kappa shape index (κ3) is 6.18. The average molecular weight is 433 g/mol. The molecule has 0 spiro atoms. The lowest BCUT2D eigenvalue weighted by molar-refractivity contribution is -0.192. The number of nitrogens with two attached hydrogens (primary N) is 1. The summed E-state index contributed by atoms with van der Waals surface area (Å²) in [7, 11) is 0. The zero-order valence-electron chi connectivity index (χ0n) is 14.8. The number of carboxylic acid groups (broad SMARTS) is 1. The number of halogens is 6. The van der Waals surface area contributed by atoms with E-state index in [1.807, 2.05) is 18.2 Å². The van der Waals surface area contributed by atoms with E-state index in [0.717, 1.165) is 17.6 Å². The maximum absolute atomic E-state index is 12.7. The number of nitrogen functional groups attached to an aromatic ring is 1. The summed E-state index contributed by atoms with van der Waals surface area (Å²) in [5.74, 6) is -2.40. The summed E-state index contributed by atoms with van der Waals surface area (Å²) in [5.41, 5.74) is 6.13. The first kappa shape index (κ1) is 22.6. The zero-order chi connectivity index (χ0) is 22.5. The highest BCUT2D eigenvalue weighted by atomic mass is 19.4. The monoisotopic (exact) mass is 433 g/mol. The fraction of sp³-hybridized carbons (Fsp3) is 0.176. The summed E-state index contributed by atoms with van der Waals surface area (Å²) in [6, 6.07) is 9.77. The van der Waals surface area contributed by atoms with Gasteiger partial charge in [0.2, 0.25) is 0 Å². The maximum Gasteiger partial charge on any atom is 0.490 e. The average Bonchev–Trinajstić information content (AvgIpc) is 2.65. The van der Waals surface area contributed by atoms with Crippen molar-refractivity contribution in [2.45, 2.75) is 18.9 Å². The Morgan fingerprint density at radius 2 is 1.70 bits per heavy atom. The number of hydrogen-bond acceptors (Lipinski definition) is 6. The van der Waals surface area contributed by atoms with E-state index in [0.29, 0.717) is 17.0 Å². The number of pyridine rings is 1. The van der Waals surface area contributed by atoms with Crippen LogP contribution >= 0.6 is 0 Å². The minimum absolute atomic E-state index is 0.0391. The summed E-state index contributed by atoms with van der Waals surface area (Å²) in [5, 5.41) is 10.9. The Bertz CT molecular complexity index is 1040. The molecule has 3 rings (SSSR count). The molecule has 13 heteroatoms. The van der Waals surface area contributed by atoms with Crippen LogP contribution in [0.25, 0.3) is 10.9 Å². The van der Waals surface area contributed by atoms with Crippen LogP contribution in [-0.2, 0) is 17.5 Å². The number of rotatable bonds is 3. The summed E-state index contributed by atoms with van der Waals surface area (Å²) >= 11 is 0. The Hall–Kier alpha value is -3.64. The smallest absolute Gasteiger partial charge is 0.475 e. The molecule has 0 bridgehead atoms. The van der Waals surface area contributed by atoms with Gasteiger partial charge in [0.15, 0.2) is 0 Å². The number of carbonyl (C=O) groups is 1. The number of aromatic nitrogens is 3. The molecule has 160 valence electrons. The van der Waals surface area contributed by atoms with Gasteiger partial charge in [0.1, 0.15) is 17.3 Å². The highest BCUT2D eigenvalue weighted by molar-refractivity contribution is 5.92. The van der Waals surface area contributed by atoms with Gasteiger partial charge < -0.3 is 16.2 Å². The summed E-state index contributed by atoms with van der Waals surface area (Å²) < 4.78 is 69.7. The molecule has 2 aromatic heterocycles. The second kappa shape index (κ2) is 8.80. The molecule has 2 heterocycles. The molecule has 3 aromatic rings. The van der Waals surface area contributed by atoms with Crippen LogP contribution < -0.4 is 11.1 Å². The number of fused-ring (bicyclic) bond motifs is 1. The van der Waals surface area contributed by atoms with Crippen LogP contribution in [0.3, 0.4) is 0 Å². The van der Waals surface area contributed by atoms with E-state index in [4.69, 9.17) is 15.6 Å². The number of alkyl halides is 6. The van der Waals surface area contributed by atoms with Gasteiger partial charge in [-0.15, -0.1) is 0 Å².